The molecule has 1 rings (SSSR count). The van der Waals surface area contributed by atoms with Crippen LogP contribution < -0.4 is 5.73 Å². The van der Waals surface area contributed by atoms with Gasteiger partial charge in [-0.3, -0.25) is 0 Å². The van der Waals surface area contributed by atoms with Gasteiger partial charge in [0.25, 0.3) is 0 Å². The molecule has 1 unspecified atom stereocenters. The molecule has 0 aliphatic rings. The van der Waals surface area contributed by atoms with Crippen LogP contribution in [0.3, 0.4) is 0 Å². The first-order chi connectivity index (χ1) is 7.43. The summed E-state index contributed by atoms with van der Waals surface area (Å²) in [6.45, 7) is 3.39. The SMILES string of the molecule is CCC(CN)S(=O)(=O)c1ccc(F)c(C)c1. The van der Waals surface area contributed by atoms with E-state index in [-0.39, 0.29) is 11.4 Å². The molecule has 0 bridgehead atoms. The molecule has 1 aromatic rings. The van der Waals surface area contributed by atoms with Crippen LogP contribution in [0.4, 0.5) is 4.39 Å². The van der Waals surface area contributed by atoms with Crippen molar-refractivity contribution in [3.05, 3.63) is 29.6 Å². The van der Waals surface area contributed by atoms with E-state index in [1.807, 2.05) is 0 Å². The van der Waals surface area contributed by atoms with Crippen molar-refractivity contribution in [2.75, 3.05) is 6.54 Å². The molecule has 90 valence electrons. The average Bonchev–Trinajstić information content (AvgIpc) is 2.23. The van der Waals surface area contributed by atoms with E-state index in [9.17, 15) is 12.8 Å². The van der Waals surface area contributed by atoms with Gasteiger partial charge < -0.3 is 5.73 Å². The summed E-state index contributed by atoms with van der Waals surface area (Å²) < 4.78 is 37.1. The predicted molar refractivity (Wildman–Crippen MR) is 61.5 cm³/mol. The number of benzene rings is 1. The number of nitrogens with two attached hydrogens (primary N) is 1. The Morgan fingerprint density at radius 2 is 2.06 bits per heavy atom. The Labute approximate surface area is 95.4 Å². The van der Waals surface area contributed by atoms with Gasteiger partial charge in [0.2, 0.25) is 0 Å². The predicted octanol–water partition coefficient (Wildman–Crippen LogP) is 1.65. The second-order valence-corrected chi connectivity index (χ2v) is 5.95. The van der Waals surface area contributed by atoms with Crippen LogP contribution in [0.25, 0.3) is 0 Å². The number of hydrogen-bond donors (Lipinski definition) is 1. The van der Waals surface area contributed by atoms with Gasteiger partial charge in [0.15, 0.2) is 9.84 Å². The van der Waals surface area contributed by atoms with Crippen molar-refractivity contribution in [2.24, 2.45) is 5.73 Å². The van der Waals surface area contributed by atoms with E-state index in [0.29, 0.717) is 12.0 Å². The molecule has 0 aliphatic heterocycles. The lowest BCUT2D eigenvalue weighted by Crippen LogP contribution is -2.29. The Hall–Kier alpha value is -0.940. The number of aryl methyl sites for hydroxylation is 1. The van der Waals surface area contributed by atoms with E-state index in [4.69, 9.17) is 5.73 Å². The number of halogens is 1. The standard InChI is InChI=1S/C11H16FNO2S/c1-3-9(7-13)16(14,15)10-4-5-11(12)8(2)6-10/h4-6,9H,3,7,13H2,1-2H3. The molecule has 3 nitrogen and oxygen atoms in total. The first-order valence-corrected chi connectivity index (χ1v) is 6.68. The van der Waals surface area contributed by atoms with Crippen LogP contribution in [-0.4, -0.2) is 20.2 Å². The van der Waals surface area contributed by atoms with Gasteiger partial charge in [-0.05, 0) is 37.1 Å². The summed E-state index contributed by atoms with van der Waals surface area (Å²) in [4.78, 5) is 0.142. The van der Waals surface area contributed by atoms with E-state index < -0.39 is 20.9 Å². The second-order valence-electron chi connectivity index (χ2n) is 3.72. The van der Waals surface area contributed by atoms with Crippen LogP contribution in [0.15, 0.2) is 23.1 Å². The molecule has 1 atom stereocenters. The van der Waals surface area contributed by atoms with E-state index in [1.165, 1.54) is 25.1 Å². The van der Waals surface area contributed by atoms with Gasteiger partial charge in [-0.25, -0.2) is 12.8 Å². The quantitative estimate of drug-likeness (QED) is 0.820. The Bertz CT molecular complexity index is 467. The summed E-state index contributed by atoms with van der Waals surface area (Å²) >= 11 is 0. The molecular formula is C11H16FNO2S. The van der Waals surface area contributed by atoms with Crippen molar-refractivity contribution in [3.63, 3.8) is 0 Å². The maximum atomic E-state index is 13.0. The van der Waals surface area contributed by atoms with Crippen LogP contribution in [0.2, 0.25) is 0 Å². The minimum Gasteiger partial charge on any atom is -0.329 e. The highest BCUT2D eigenvalue weighted by molar-refractivity contribution is 7.92. The van der Waals surface area contributed by atoms with Gasteiger partial charge in [0.05, 0.1) is 10.1 Å². The van der Waals surface area contributed by atoms with Crippen LogP contribution in [0, 0.1) is 12.7 Å². The van der Waals surface area contributed by atoms with Crippen molar-refractivity contribution in [1.82, 2.24) is 0 Å². The Morgan fingerprint density at radius 3 is 2.50 bits per heavy atom. The van der Waals surface area contributed by atoms with Crippen molar-refractivity contribution in [2.45, 2.75) is 30.4 Å². The lowest BCUT2D eigenvalue weighted by molar-refractivity contribution is 0.574. The molecule has 0 amide bonds. The molecule has 5 heteroatoms. The number of hydrogen-bond acceptors (Lipinski definition) is 3. The first kappa shape index (κ1) is 13.1. The minimum absolute atomic E-state index is 0.0786. The zero-order valence-electron chi connectivity index (χ0n) is 9.40. The zero-order valence-corrected chi connectivity index (χ0v) is 10.2. The largest absolute Gasteiger partial charge is 0.329 e. The molecule has 1 aromatic carbocycles. The van der Waals surface area contributed by atoms with E-state index in [2.05, 4.69) is 0 Å². The van der Waals surface area contributed by atoms with Gasteiger partial charge >= 0.3 is 0 Å². The molecule has 0 saturated carbocycles. The Morgan fingerprint density at radius 1 is 1.44 bits per heavy atom. The summed E-state index contributed by atoms with van der Waals surface area (Å²) in [6.07, 6.45) is 0.454. The molecule has 0 spiro atoms. The fraction of sp³-hybridized carbons (Fsp3) is 0.455. The van der Waals surface area contributed by atoms with Crippen LogP contribution in [0.5, 0.6) is 0 Å². The molecule has 2 N–H and O–H groups in total. The highest BCUT2D eigenvalue weighted by Gasteiger charge is 2.24. The van der Waals surface area contributed by atoms with E-state index in [0.717, 1.165) is 0 Å². The lowest BCUT2D eigenvalue weighted by atomic mass is 10.2. The molecule has 0 saturated heterocycles. The molecular weight excluding hydrogens is 229 g/mol. The van der Waals surface area contributed by atoms with Crippen LogP contribution in [0.1, 0.15) is 18.9 Å². The fourth-order valence-corrected chi connectivity index (χ4v) is 3.18. The smallest absolute Gasteiger partial charge is 0.182 e. The Kier molecular flexibility index (Phi) is 4.04. The Balaban J connectivity index is 3.22. The monoisotopic (exact) mass is 245 g/mol. The molecule has 16 heavy (non-hydrogen) atoms. The second kappa shape index (κ2) is 4.93. The van der Waals surface area contributed by atoms with Crippen molar-refractivity contribution < 1.29 is 12.8 Å². The highest BCUT2D eigenvalue weighted by Crippen LogP contribution is 2.20. The summed E-state index contributed by atoms with van der Waals surface area (Å²) in [5, 5.41) is -0.600. The van der Waals surface area contributed by atoms with Gasteiger partial charge in [-0.15, -0.1) is 0 Å². The van der Waals surface area contributed by atoms with E-state index >= 15 is 0 Å². The first-order valence-electron chi connectivity index (χ1n) is 5.13. The molecule has 0 heterocycles. The van der Waals surface area contributed by atoms with Gasteiger partial charge in [-0.2, -0.15) is 0 Å². The summed E-state index contributed by atoms with van der Waals surface area (Å²) in [7, 11) is -3.43. The third-order valence-electron chi connectivity index (χ3n) is 2.62. The topological polar surface area (TPSA) is 60.2 Å². The summed E-state index contributed by atoms with van der Waals surface area (Å²) in [6, 6.07) is 3.81. The van der Waals surface area contributed by atoms with Gasteiger partial charge in [-0.1, -0.05) is 6.92 Å². The summed E-state index contributed by atoms with van der Waals surface area (Å²) in [5.74, 6) is -0.403. The van der Waals surface area contributed by atoms with Crippen molar-refractivity contribution in [1.29, 1.82) is 0 Å². The number of sulfone groups is 1. The fourth-order valence-electron chi connectivity index (χ4n) is 1.50. The lowest BCUT2D eigenvalue weighted by Gasteiger charge is -2.14. The average molecular weight is 245 g/mol. The molecule has 0 radical (unpaired) electrons. The van der Waals surface area contributed by atoms with Gasteiger partial charge in [0.1, 0.15) is 5.82 Å². The molecule has 0 aliphatic carbocycles. The highest BCUT2D eigenvalue weighted by atomic mass is 32.2. The van der Waals surface area contributed by atoms with Crippen LogP contribution in [-0.2, 0) is 9.84 Å². The normalized spacial score (nSPS) is 13.8. The minimum atomic E-state index is -3.43. The zero-order chi connectivity index (χ0) is 12.3. The molecule has 0 aromatic heterocycles. The van der Waals surface area contributed by atoms with Crippen molar-refractivity contribution >= 4 is 9.84 Å². The molecule has 0 fully saturated rings. The van der Waals surface area contributed by atoms with Crippen molar-refractivity contribution in [3.8, 4) is 0 Å². The number of rotatable bonds is 4. The maximum Gasteiger partial charge on any atom is 0.182 e. The van der Waals surface area contributed by atoms with Crippen LogP contribution >= 0.6 is 0 Å². The third-order valence-corrected chi connectivity index (χ3v) is 4.93. The summed E-state index contributed by atoms with van der Waals surface area (Å²) in [5.41, 5.74) is 5.75. The third kappa shape index (κ3) is 2.41. The van der Waals surface area contributed by atoms with E-state index in [1.54, 1.807) is 6.92 Å². The maximum absolute atomic E-state index is 13.0. The van der Waals surface area contributed by atoms with Gasteiger partial charge in [0, 0.05) is 6.54 Å².